The molecule has 1 N–H and O–H groups in total. The van der Waals surface area contributed by atoms with Crippen LogP contribution in [0.25, 0.3) is 10.2 Å². The maximum atomic E-state index is 12.4. The molecule has 0 aliphatic rings. The SMILES string of the molecule is C=CCOC(=O)c1sc2nc(CN(CC)CC)[nH]c(=O)c2c1C. The van der Waals surface area contributed by atoms with Gasteiger partial charge in [0.1, 0.15) is 22.1 Å². The molecule has 2 aromatic rings. The number of hydrogen-bond donors (Lipinski definition) is 1. The zero-order chi connectivity index (χ0) is 17.0. The lowest BCUT2D eigenvalue weighted by atomic mass is 10.2. The summed E-state index contributed by atoms with van der Waals surface area (Å²) in [5.41, 5.74) is 0.399. The van der Waals surface area contributed by atoms with Gasteiger partial charge in [-0.3, -0.25) is 9.69 Å². The van der Waals surface area contributed by atoms with E-state index in [1.807, 2.05) is 0 Å². The Labute approximate surface area is 138 Å². The number of carbonyl (C=O) groups excluding carboxylic acids is 1. The zero-order valence-corrected chi connectivity index (χ0v) is 14.5. The molecule has 0 saturated carbocycles. The van der Waals surface area contributed by atoms with Crippen molar-refractivity contribution >= 4 is 27.5 Å². The number of thiophene rings is 1. The van der Waals surface area contributed by atoms with Gasteiger partial charge in [0.15, 0.2) is 0 Å². The molecule has 0 saturated heterocycles. The van der Waals surface area contributed by atoms with Crippen LogP contribution < -0.4 is 5.56 Å². The molecule has 124 valence electrons. The van der Waals surface area contributed by atoms with E-state index in [2.05, 4.69) is 35.3 Å². The van der Waals surface area contributed by atoms with E-state index in [0.29, 0.717) is 33.0 Å². The molecule has 2 rings (SSSR count). The van der Waals surface area contributed by atoms with Gasteiger partial charge in [0.2, 0.25) is 0 Å². The van der Waals surface area contributed by atoms with Crippen LogP contribution in [-0.4, -0.2) is 40.5 Å². The van der Waals surface area contributed by atoms with E-state index in [-0.39, 0.29) is 12.2 Å². The van der Waals surface area contributed by atoms with Crippen LogP contribution in [0.3, 0.4) is 0 Å². The second kappa shape index (κ2) is 7.52. The summed E-state index contributed by atoms with van der Waals surface area (Å²) in [6.45, 7) is 11.8. The van der Waals surface area contributed by atoms with Crippen LogP contribution >= 0.6 is 11.3 Å². The van der Waals surface area contributed by atoms with Crippen LogP contribution in [0.5, 0.6) is 0 Å². The molecular formula is C16H21N3O3S. The molecule has 0 fully saturated rings. The Morgan fingerprint density at radius 2 is 2.13 bits per heavy atom. The highest BCUT2D eigenvalue weighted by Gasteiger charge is 2.20. The van der Waals surface area contributed by atoms with Gasteiger partial charge in [0.05, 0.1) is 11.9 Å². The predicted molar refractivity (Wildman–Crippen MR) is 92.1 cm³/mol. The fraction of sp³-hybridized carbons (Fsp3) is 0.438. The average Bonchev–Trinajstić information content (AvgIpc) is 2.87. The quantitative estimate of drug-likeness (QED) is 0.621. The van der Waals surface area contributed by atoms with Crippen LogP contribution in [0.4, 0.5) is 0 Å². The van der Waals surface area contributed by atoms with Gasteiger partial charge >= 0.3 is 5.97 Å². The topological polar surface area (TPSA) is 75.3 Å². The Balaban J connectivity index is 2.43. The summed E-state index contributed by atoms with van der Waals surface area (Å²) in [7, 11) is 0. The van der Waals surface area contributed by atoms with Gasteiger partial charge in [0, 0.05) is 0 Å². The Morgan fingerprint density at radius 1 is 1.43 bits per heavy atom. The average molecular weight is 335 g/mol. The van der Waals surface area contributed by atoms with E-state index in [1.54, 1.807) is 6.92 Å². The van der Waals surface area contributed by atoms with Crippen LogP contribution in [-0.2, 0) is 11.3 Å². The number of hydrogen-bond acceptors (Lipinski definition) is 6. The predicted octanol–water partition coefficient (Wildman–Crippen LogP) is 2.48. The smallest absolute Gasteiger partial charge is 0.348 e. The van der Waals surface area contributed by atoms with Gasteiger partial charge in [0.25, 0.3) is 5.56 Å². The highest BCUT2D eigenvalue weighted by molar-refractivity contribution is 7.20. The highest BCUT2D eigenvalue weighted by Crippen LogP contribution is 2.27. The molecule has 23 heavy (non-hydrogen) atoms. The number of carbonyl (C=O) groups is 1. The van der Waals surface area contributed by atoms with Crippen molar-refractivity contribution in [2.45, 2.75) is 27.3 Å². The normalized spacial score (nSPS) is 11.1. The largest absolute Gasteiger partial charge is 0.457 e. The van der Waals surface area contributed by atoms with E-state index in [9.17, 15) is 9.59 Å². The summed E-state index contributed by atoms with van der Waals surface area (Å²) >= 11 is 1.19. The van der Waals surface area contributed by atoms with E-state index < -0.39 is 5.97 Å². The minimum absolute atomic E-state index is 0.142. The first kappa shape index (κ1) is 17.4. The van der Waals surface area contributed by atoms with Crippen LogP contribution in [0.2, 0.25) is 0 Å². The fourth-order valence-corrected chi connectivity index (χ4v) is 3.41. The van der Waals surface area contributed by atoms with Crippen molar-refractivity contribution in [3.8, 4) is 0 Å². The maximum absolute atomic E-state index is 12.4. The molecule has 0 unspecified atom stereocenters. The molecule has 0 amide bonds. The molecule has 2 heterocycles. The monoisotopic (exact) mass is 335 g/mol. The molecular weight excluding hydrogens is 314 g/mol. The number of nitrogens with zero attached hydrogens (tertiary/aromatic N) is 2. The number of aromatic nitrogens is 2. The molecule has 0 spiro atoms. The Bertz CT molecular complexity index is 775. The molecule has 7 heteroatoms. The van der Waals surface area contributed by atoms with Crippen LogP contribution in [0, 0.1) is 6.92 Å². The lowest BCUT2D eigenvalue weighted by molar-refractivity contribution is 0.0555. The number of aryl methyl sites for hydroxylation is 1. The number of H-pyrrole nitrogens is 1. The molecule has 6 nitrogen and oxygen atoms in total. The number of ether oxygens (including phenoxy) is 1. The fourth-order valence-electron chi connectivity index (χ4n) is 2.32. The van der Waals surface area contributed by atoms with Gasteiger partial charge in [-0.1, -0.05) is 26.5 Å². The van der Waals surface area contributed by atoms with Gasteiger partial charge in [-0.25, -0.2) is 9.78 Å². The first-order chi connectivity index (χ1) is 11.0. The Kier molecular flexibility index (Phi) is 5.68. The third kappa shape index (κ3) is 3.68. The molecule has 0 radical (unpaired) electrons. The highest BCUT2D eigenvalue weighted by atomic mass is 32.1. The van der Waals surface area contributed by atoms with Crippen molar-refractivity contribution in [1.82, 2.24) is 14.9 Å². The summed E-state index contributed by atoms with van der Waals surface area (Å²) in [6, 6.07) is 0. The summed E-state index contributed by atoms with van der Waals surface area (Å²) in [5, 5.41) is 0.462. The van der Waals surface area contributed by atoms with Crippen molar-refractivity contribution in [3.63, 3.8) is 0 Å². The summed E-state index contributed by atoms with van der Waals surface area (Å²) < 4.78 is 5.06. The molecule has 0 aliphatic heterocycles. The minimum Gasteiger partial charge on any atom is -0.457 e. The minimum atomic E-state index is -0.449. The number of esters is 1. The number of aromatic amines is 1. The van der Waals surface area contributed by atoms with Crippen LogP contribution in [0.1, 0.15) is 34.9 Å². The van der Waals surface area contributed by atoms with Crippen molar-refractivity contribution in [2.24, 2.45) is 0 Å². The van der Waals surface area contributed by atoms with Crippen molar-refractivity contribution in [3.05, 3.63) is 39.3 Å². The number of rotatable bonds is 7. The van der Waals surface area contributed by atoms with E-state index in [1.165, 1.54) is 17.4 Å². The third-order valence-corrected chi connectivity index (χ3v) is 4.80. The van der Waals surface area contributed by atoms with E-state index in [0.717, 1.165) is 13.1 Å². The van der Waals surface area contributed by atoms with Crippen molar-refractivity contribution in [1.29, 1.82) is 0 Å². The lowest BCUT2D eigenvalue weighted by Gasteiger charge is -2.16. The molecule has 0 bridgehead atoms. The van der Waals surface area contributed by atoms with Crippen molar-refractivity contribution in [2.75, 3.05) is 19.7 Å². The standard InChI is InChI=1S/C16H21N3O3S/c1-5-8-22-16(21)13-10(4)12-14(20)17-11(18-15(12)23-13)9-19(6-2)7-3/h5H,1,6-9H2,2-4H3,(H,17,18,20). The zero-order valence-electron chi connectivity index (χ0n) is 13.6. The second-order valence-corrected chi connectivity index (χ2v) is 6.10. The van der Waals surface area contributed by atoms with Crippen LogP contribution in [0.15, 0.2) is 17.4 Å². The number of nitrogens with one attached hydrogen (secondary N) is 1. The third-order valence-electron chi connectivity index (χ3n) is 3.64. The molecule has 0 aliphatic carbocycles. The Hall–Kier alpha value is -1.99. The summed E-state index contributed by atoms with van der Waals surface area (Å²) in [4.78, 5) is 34.9. The first-order valence-electron chi connectivity index (χ1n) is 7.54. The Morgan fingerprint density at radius 3 is 2.74 bits per heavy atom. The molecule has 0 aromatic carbocycles. The summed E-state index contributed by atoms with van der Waals surface area (Å²) in [6.07, 6.45) is 1.51. The second-order valence-electron chi connectivity index (χ2n) is 5.10. The molecule has 2 aromatic heterocycles. The number of fused-ring (bicyclic) bond motifs is 1. The van der Waals surface area contributed by atoms with Gasteiger partial charge in [-0.15, -0.1) is 11.3 Å². The van der Waals surface area contributed by atoms with Crippen molar-refractivity contribution < 1.29 is 9.53 Å². The first-order valence-corrected chi connectivity index (χ1v) is 8.36. The maximum Gasteiger partial charge on any atom is 0.348 e. The van der Waals surface area contributed by atoms with Gasteiger partial charge in [-0.2, -0.15) is 0 Å². The summed E-state index contributed by atoms with van der Waals surface area (Å²) in [5.74, 6) is 0.161. The lowest BCUT2D eigenvalue weighted by Crippen LogP contribution is -2.25. The van der Waals surface area contributed by atoms with E-state index >= 15 is 0 Å². The van der Waals surface area contributed by atoms with Gasteiger partial charge < -0.3 is 9.72 Å². The van der Waals surface area contributed by atoms with E-state index in [4.69, 9.17) is 4.74 Å². The molecule has 0 atom stereocenters. The van der Waals surface area contributed by atoms with Gasteiger partial charge in [-0.05, 0) is 25.6 Å².